The molecule has 1 atom stereocenters. The monoisotopic (exact) mass is 538 g/mol. The molecule has 14 nitrogen and oxygen atoms in total. The number of aliphatic hydroxyl groups is 1. The number of nitrogens with zero attached hydrogens (tertiary/aromatic N) is 4. The predicted molar refractivity (Wildman–Crippen MR) is 132 cm³/mol. The molecule has 0 unspecified atom stereocenters. The Balaban J connectivity index is 1.50. The summed E-state index contributed by atoms with van der Waals surface area (Å²) in [5.74, 6) is -3.80. The number of nitrogens with two attached hydrogens (primary N) is 1. The maximum atomic E-state index is 13.2. The molecule has 1 aliphatic rings. The zero-order valence-electron chi connectivity index (χ0n) is 19.3. The van der Waals surface area contributed by atoms with Crippen molar-refractivity contribution in [2.75, 3.05) is 18.5 Å². The number of benzene rings is 3. The van der Waals surface area contributed by atoms with Gasteiger partial charge in [0.25, 0.3) is 17.7 Å². The summed E-state index contributed by atoms with van der Waals surface area (Å²) in [6.07, 6.45) is 0. The van der Waals surface area contributed by atoms with Crippen LogP contribution in [0, 0.1) is 0 Å². The molecule has 3 amide bonds. The van der Waals surface area contributed by atoms with E-state index in [4.69, 9.17) is 15.4 Å². The van der Waals surface area contributed by atoms with E-state index in [-0.39, 0.29) is 32.8 Å². The minimum absolute atomic E-state index is 0.0408. The van der Waals surface area contributed by atoms with Crippen LogP contribution in [0.2, 0.25) is 0 Å². The van der Waals surface area contributed by atoms with Crippen LogP contribution in [-0.2, 0) is 24.3 Å². The van der Waals surface area contributed by atoms with Crippen LogP contribution in [0.1, 0.15) is 20.7 Å². The second kappa shape index (κ2) is 10.3. The fourth-order valence-corrected chi connectivity index (χ4v) is 4.45. The Bertz CT molecular complexity index is 1630. The molecule has 1 heterocycles. The van der Waals surface area contributed by atoms with Crippen LogP contribution in [0.5, 0.6) is 0 Å². The number of ether oxygens (including phenoxy) is 1. The molecule has 0 bridgehead atoms. The molecule has 15 heteroatoms. The minimum Gasteiger partial charge on any atom is -0.454 e. The highest BCUT2D eigenvalue weighted by molar-refractivity contribution is 7.89. The molecule has 0 spiro atoms. The van der Waals surface area contributed by atoms with Crippen LogP contribution in [0.15, 0.2) is 64.6 Å². The van der Waals surface area contributed by atoms with E-state index in [1.165, 1.54) is 48.5 Å². The zero-order chi connectivity index (χ0) is 27.6. The van der Waals surface area contributed by atoms with Gasteiger partial charge >= 0.3 is 5.97 Å². The maximum Gasteiger partial charge on any atom is 0.332 e. The van der Waals surface area contributed by atoms with E-state index in [0.29, 0.717) is 10.3 Å². The fraction of sp³-hybridized carbons (Fsp3) is 0.130. The number of rotatable bonds is 8. The van der Waals surface area contributed by atoms with Gasteiger partial charge in [0.2, 0.25) is 10.0 Å². The average molecular weight is 538 g/mol. The molecule has 0 saturated heterocycles. The number of hydrogen-bond acceptors (Lipinski definition) is 9. The van der Waals surface area contributed by atoms with Crippen molar-refractivity contribution in [3.63, 3.8) is 0 Å². The van der Waals surface area contributed by atoms with Gasteiger partial charge in [-0.25, -0.2) is 18.4 Å². The third-order valence-electron chi connectivity index (χ3n) is 5.64. The molecule has 4 N–H and O–H groups in total. The van der Waals surface area contributed by atoms with Crippen molar-refractivity contribution in [2.45, 2.75) is 10.9 Å². The lowest BCUT2D eigenvalue weighted by Crippen LogP contribution is -2.53. The standard InChI is InChI=1S/C23H18N6O8S/c24-28-27-17-9-8-16-20-14(17)2-1-3-15(20)21(32)29(22(16)33)18(10-30)23(34)37-11-19(31)26-12-4-6-13(7-5-12)38(25,35)36/h1-9,18,30H,10-11H2,(H,26,31)(H2,25,35,36)/t18-/m0/s1. The van der Waals surface area contributed by atoms with E-state index in [9.17, 15) is 32.7 Å². The Kier molecular flexibility index (Phi) is 7.10. The van der Waals surface area contributed by atoms with Crippen molar-refractivity contribution in [1.82, 2.24) is 4.90 Å². The van der Waals surface area contributed by atoms with E-state index in [2.05, 4.69) is 15.3 Å². The van der Waals surface area contributed by atoms with Crippen LogP contribution in [0.25, 0.3) is 21.2 Å². The van der Waals surface area contributed by atoms with Gasteiger partial charge in [0.05, 0.1) is 11.5 Å². The topological polar surface area (TPSA) is 222 Å². The van der Waals surface area contributed by atoms with E-state index in [1.54, 1.807) is 6.07 Å². The van der Waals surface area contributed by atoms with Gasteiger partial charge in [0, 0.05) is 32.8 Å². The maximum absolute atomic E-state index is 13.2. The third kappa shape index (κ3) is 4.89. The lowest BCUT2D eigenvalue weighted by molar-refractivity contribution is -0.152. The van der Waals surface area contributed by atoms with Crippen molar-refractivity contribution in [3.05, 3.63) is 76.2 Å². The molecular formula is C23H18N6O8S. The van der Waals surface area contributed by atoms with Crippen molar-refractivity contribution in [1.29, 1.82) is 0 Å². The first kappa shape index (κ1) is 26.2. The predicted octanol–water partition coefficient (Wildman–Crippen LogP) is 1.57. The van der Waals surface area contributed by atoms with Crippen molar-refractivity contribution < 1.29 is 37.4 Å². The number of carbonyl (C=O) groups excluding carboxylic acids is 4. The average Bonchev–Trinajstić information content (AvgIpc) is 2.88. The summed E-state index contributed by atoms with van der Waals surface area (Å²) in [5, 5.41) is 21.4. The van der Waals surface area contributed by atoms with E-state index < -0.39 is 53.0 Å². The highest BCUT2D eigenvalue weighted by Gasteiger charge is 2.41. The molecule has 3 aromatic carbocycles. The lowest BCUT2D eigenvalue weighted by atomic mass is 9.92. The first-order chi connectivity index (χ1) is 18.1. The summed E-state index contributed by atoms with van der Waals surface area (Å²) in [6.45, 7) is -1.81. The Morgan fingerprint density at radius 2 is 1.74 bits per heavy atom. The number of primary sulfonamides is 1. The second-order valence-electron chi connectivity index (χ2n) is 7.95. The smallest absolute Gasteiger partial charge is 0.332 e. The quantitative estimate of drug-likeness (QED) is 0.125. The molecule has 3 aromatic rings. The molecular weight excluding hydrogens is 520 g/mol. The number of nitrogens with one attached hydrogen (secondary N) is 1. The van der Waals surface area contributed by atoms with Gasteiger partial charge in [-0.1, -0.05) is 23.3 Å². The fourth-order valence-electron chi connectivity index (χ4n) is 3.94. The van der Waals surface area contributed by atoms with Gasteiger partial charge in [-0.15, -0.1) is 0 Å². The number of aliphatic hydroxyl groups excluding tert-OH is 1. The van der Waals surface area contributed by atoms with E-state index in [0.717, 1.165) is 0 Å². The molecule has 0 aliphatic carbocycles. The molecule has 0 saturated carbocycles. The SMILES string of the molecule is [N-]=[N+]=Nc1ccc2c3c(cccc13)C(=O)N([C@@H](CO)C(=O)OCC(=O)Nc1ccc(S(N)(=O)=O)cc1)C2=O. The summed E-state index contributed by atoms with van der Waals surface area (Å²) in [4.78, 5) is 54.5. The first-order valence-corrected chi connectivity index (χ1v) is 12.3. The van der Waals surface area contributed by atoms with Gasteiger partial charge in [-0.3, -0.25) is 19.3 Å². The van der Waals surface area contributed by atoms with Crippen molar-refractivity contribution in [2.24, 2.45) is 10.3 Å². The van der Waals surface area contributed by atoms with Gasteiger partial charge in [0.15, 0.2) is 12.6 Å². The van der Waals surface area contributed by atoms with Crippen molar-refractivity contribution in [3.8, 4) is 0 Å². The largest absolute Gasteiger partial charge is 0.454 e. The summed E-state index contributed by atoms with van der Waals surface area (Å²) in [6, 6.07) is 10.3. The second-order valence-corrected chi connectivity index (χ2v) is 9.52. The van der Waals surface area contributed by atoms with Crippen LogP contribution in [-0.4, -0.2) is 61.4 Å². The lowest BCUT2D eigenvalue weighted by Gasteiger charge is -2.31. The summed E-state index contributed by atoms with van der Waals surface area (Å²) in [5.41, 5.74) is 9.26. The third-order valence-corrected chi connectivity index (χ3v) is 6.57. The molecule has 194 valence electrons. The Hall–Kier alpha value is -4.82. The number of hydrogen-bond donors (Lipinski definition) is 3. The zero-order valence-corrected chi connectivity index (χ0v) is 20.1. The van der Waals surface area contributed by atoms with Gasteiger partial charge in [0.1, 0.15) is 0 Å². The molecule has 1 aliphatic heterocycles. The Morgan fingerprint density at radius 3 is 2.34 bits per heavy atom. The number of esters is 1. The van der Waals surface area contributed by atoms with Gasteiger partial charge < -0.3 is 15.2 Å². The Morgan fingerprint density at radius 1 is 1.08 bits per heavy atom. The normalized spacial score (nSPS) is 13.6. The summed E-state index contributed by atoms with van der Waals surface area (Å²) in [7, 11) is -3.92. The van der Waals surface area contributed by atoms with Gasteiger partial charge in [-0.05, 0) is 47.3 Å². The van der Waals surface area contributed by atoms with Gasteiger partial charge in [-0.2, -0.15) is 0 Å². The van der Waals surface area contributed by atoms with Crippen LogP contribution >= 0.6 is 0 Å². The van der Waals surface area contributed by atoms with Crippen LogP contribution in [0.4, 0.5) is 11.4 Å². The number of anilines is 1. The number of imide groups is 1. The molecule has 38 heavy (non-hydrogen) atoms. The molecule has 0 aromatic heterocycles. The minimum atomic E-state index is -3.92. The first-order valence-electron chi connectivity index (χ1n) is 10.8. The number of amides is 3. The number of sulfonamides is 1. The van der Waals surface area contributed by atoms with Crippen LogP contribution < -0.4 is 10.5 Å². The Labute approximate surface area is 214 Å². The highest BCUT2D eigenvalue weighted by Crippen LogP contribution is 2.36. The van der Waals surface area contributed by atoms with E-state index >= 15 is 0 Å². The number of carbonyl (C=O) groups is 4. The molecule has 4 rings (SSSR count). The summed E-state index contributed by atoms with van der Waals surface area (Å²) < 4.78 is 27.6. The summed E-state index contributed by atoms with van der Waals surface area (Å²) >= 11 is 0. The molecule has 0 fully saturated rings. The number of azide groups is 1. The highest BCUT2D eigenvalue weighted by atomic mass is 32.2. The molecule has 0 radical (unpaired) electrons. The van der Waals surface area contributed by atoms with Crippen molar-refractivity contribution >= 4 is 55.9 Å². The van der Waals surface area contributed by atoms with Crippen LogP contribution in [0.3, 0.4) is 0 Å². The van der Waals surface area contributed by atoms with E-state index in [1.807, 2.05) is 0 Å².